The molecule has 0 radical (unpaired) electrons. The smallest absolute Gasteiger partial charge is 0.404 e. The predicted octanol–water partition coefficient (Wildman–Crippen LogP) is 0.0869. The Labute approximate surface area is 142 Å². The first-order valence-corrected chi connectivity index (χ1v) is 7.58. The SMILES string of the molecule is N#Cc1cc(CNC(=O)O)cc2c1CN(C1CCC(=O)NC1=O)C2=O. The van der Waals surface area contributed by atoms with Crippen LogP contribution in [0.1, 0.15) is 39.9 Å². The van der Waals surface area contributed by atoms with E-state index >= 15 is 0 Å². The van der Waals surface area contributed by atoms with Crippen molar-refractivity contribution in [1.82, 2.24) is 15.5 Å². The van der Waals surface area contributed by atoms with Crippen molar-refractivity contribution in [1.29, 1.82) is 5.26 Å². The van der Waals surface area contributed by atoms with Gasteiger partial charge in [0.25, 0.3) is 5.91 Å². The Hall–Kier alpha value is -3.41. The second-order valence-electron chi connectivity index (χ2n) is 5.84. The number of nitrogens with one attached hydrogen (secondary N) is 2. The molecular formula is C16H14N4O5. The minimum Gasteiger partial charge on any atom is -0.465 e. The van der Waals surface area contributed by atoms with Gasteiger partial charge in [-0.15, -0.1) is 0 Å². The van der Waals surface area contributed by atoms with E-state index in [9.17, 15) is 24.4 Å². The summed E-state index contributed by atoms with van der Waals surface area (Å²) in [6, 6.07) is 4.30. The van der Waals surface area contributed by atoms with Gasteiger partial charge >= 0.3 is 6.09 Å². The average molecular weight is 342 g/mol. The Morgan fingerprint density at radius 1 is 1.40 bits per heavy atom. The fourth-order valence-corrected chi connectivity index (χ4v) is 3.10. The first kappa shape index (κ1) is 16.4. The Morgan fingerprint density at radius 2 is 2.16 bits per heavy atom. The van der Waals surface area contributed by atoms with Gasteiger partial charge < -0.3 is 15.3 Å². The molecule has 25 heavy (non-hydrogen) atoms. The summed E-state index contributed by atoms with van der Waals surface area (Å²) in [4.78, 5) is 48.0. The molecule has 1 saturated heterocycles. The molecule has 0 spiro atoms. The number of hydrogen-bond donors (Lipinski definition) is 3. The molecule has 2 aliphatic heterocycles. The zero-order chi connectivity index (χ0) is 18.1. The quantitative estimate of drug-likeness (QED) is 0.665. The lowest BCUT2D eigenvalue weighted by Crippen LogP contribution is -2.52. The normalized spacial score (nSPS) is 19.2. The number of fused-ring (bicyclic) bond motifs is 1. The van der Waals surface area contributed by atoms with Crippen molar-refractivity contribution in [3.05, 3.63) is 34.4 Å². The number of piperidine rings is 1. The Balaban J connectivity index is 1.90. The molecule has 0 bridgehead atoms. The summed E-state index contributed by atoms with van der Waals surface area (Å²) in [5, 5.41) is 22.4. The van der Waals surface area contributed by atoms with E-state index in [1.54, 1.807) is 0 Å². The van der Waals surface area contributed by atoms with Crippen molar-refractivity contribution < 1.29 is 24.3 Å². The molecule has 9 heteroatoms. The molecule has 1 fully saturated rings. The number of rotatable bonds is 3. The fraction of sp³-hybridized carbons (Fsp3) is 0.312. The Bertz CT molecular complexity index is 842. The summed E-state index contributed by atoms with van der Waals surface area (Å²) in [5.74, 6) is -1.30. The van der Waals surface area contributed by atoms with Crippen LogP contribution in [-0.2, 0) is 22.7 Å². The van der Waals surface area contributed by atoms with Crippen molar-refractivity contribution in [3.8, 4) is 6.07 Å². The van der Waals surface area contributed by atoms with E-state index in [1.807, 2.05) is 6.07 Å². The summed E-state index contributed by atoms with van der Waals surface area (Å²) in [6.07, 6.45) is -0.828. The van der Waals surface area contributed by atoms with Crippen LogP contribution in [0.25, 0.3) is 0 Å². The monoisotopic (exact) mass is 342 g/mol. The third-order valence-electron chi connectivity index (χ3n) is 4.28. The number of carboxylic acid groups (broad SMARTS) is 1. The van der Waals surface area contributed by atoms with Crippen molar-refractivity contribution in [2.45, 2.75) is 32.0 Å². The molecule has 4 amide bonds. The van der Waals surface area contributed by atoms with Gasteiger partial charge in [0.1, 0.15) is 6.04 Å². The van der Waals surface area contributed by atoms with Crippen LogP contribution in [0.4, 0.5) is 4.79 Å². The molecule has 128 valence electrons. The van der Waals surface area contributed by atoms with Gasteiger partial charge in [0, 0.05) is 30.6 Å². The summed E-state index contributed by atoms with van der Waals surface area (Å²) in [6.45, 7) is 0.0684. The van der Waals surface area contributed by atoms with Crippen molar-refractivity contribution >= 4 is 23.8 Å². The molecule has 1 atom stereocenters. The van der Waals surface area contributed by atoms with Gasteiger partial charge in [-0.1, -0.05) is 0 Å². The maximum Gasteiger partial charge on any atom is 0.404 e. The minimum absolute atomic E-state index is 0.0387. The van der Waals surface area contributed by atoms with E-state index in [0.717, 1.165) is 0 Å². The van der Waals surface area contributed by atoms with Gasteiger partial charge in [-0.05, 0) is 24.1 Å². The average Bonchev–Trinajstić information content (AvgIpc) is 2.89. The minimum atomic E-state index is -1.21. The second kappa shape index (κ2) is 6.24. The van der Waals surface area contributed by atoms with E-state index in [0.29, 0.717) is 11.1 Å². The first-order chi connectivity index (χ1) is 11.9. The summed E-state index contributed by atoms with van der Waals surface area (Å²) < 4.78 is 0. The summed E-state index contributed by atoms with van der Waals surface area (Å²) >= 11 is 0. The molecule has 1 aromatic rings. The van der Waals surface area contributed by atoms with E-state index < -0.39 is 23.9 Å². The highest BCUT2D eigenvalue weighted by atomic mass is 16.4. The van der Waals surface area contributed by atoms with Gasteiger partial charge in [-0.25, -0.2) is 4.79 Å². The van der Waals surface area contributed by atoms with Crippen molar-refractivity contribution in [2.24, 2.45) is 0 Å². The number of carbonyl (C=O) groups is 4. The van der Waals surface area contributed by atoms with Crippen LogP contribution >= 0.6 is 0 Å². The van der Waals surface area contributed by atoms with E-state index in [2.05, 4.69) is 10.6 Å². The van der Waals surface area contributed by atoms with Crippen LogP contribution in [0.5, 0.6) is 0 Å². The van der Waals surface area contributed by atoms with Gasteiger partial charge in [-0.3, -0.25) is 19.7 Å². The summed E-state index contributed by atoms with van der Waals surface area (Å²) in [7, 11) is 0. The maximum atomic E-state index is 12.7. The third kappa shape index (κ3) is 3.01. The highest BCUT2D eigenvalue weighted by Gasteiger charge is 2.40. The zero-order valence-electron chi connectivity index (χ0n) is 13.0. The molecular weight excluding hydrogens is 328 g/mol. The molecule has 0 aromatic heterocycles. The third-order valence-corrected chi connectivity index (χ3v) is 4.28. The lowest BCUT2D eigenvalue weighted by Gasteiger charge is -2.29. The maximum absolute atomic E-state index is 12.7. The first-order valence-electron chi connectivity index (χ1n) is 7.58. The fourth-order valence-electron chi connectivity index (χ4n) is 3.10. The topological polar surface area (TPSA) is 140 Å². The number of benzene rings is 1. The van der Waals surface area contributed by atoms with Gasteiger partial charge in [0.15, 0.2) is 0 Å². The van der Waals surface area contributed by atoms with E-state index in [-0.39, 0.29) is 43.0 Å². The lowest BCUT2D eigenvalue weighted by molar-refractivity contribution is -0.136. The molecule has 3 N–H and O–H groups in total. The number of amides is 4. The van der Waals surface area contributed by atoms with Crippen LogP contribution < -0.4 is 10.6 Å². The Kier molecular flexibility index (Phi) is 4.10. The summed E-state index contributed by atoms with van der Waals surface area (Å²) in [5.41, 5.74) is 1.54. The van der Waals surface area contributed by atoms with Crippen molar-refractivity contribution in [3.63, 3.8) is 0 Å². The number of nitriles is 1. The largest absolute Gasteiger partial charge is 0.465 e. The zero-order valence-corrected chi connectivity index (χ0v) is 13.0. The van der Waals surface area contributed by atoms with Crippen LogP contribution in [0.3, 0.4) is 0 Å². The van der Waals surface area contributed by atoms with Gasteiger partial charge in [-0.2, -0.15) is 5.26 Å². The van der Waals surface area contributed by atoms with E-state index in [4.69, 9.17) is 5.11 Å². The number of nitrogens with zero attached hydrogens (tertiary/aromatic N) is 2. The highest BCUT2D eigenvalue weighted by molar-refractivity contribution is 6.05. The second-order valence-corrected chi connectivity index (χ2v) is 5.84. The predicted molar refractivity (Wildman–Crippen MR) is 82.1 cm³/mol. The molecule has 0 aliphatic carbocycles. The molecule has 2 aliphatic rings. The Morgan fingerprint density at radius 3 is 2.80 bits per heavy atom. The molecule has 0 saturated carbocycles. The molecule has 1 unspecified atom stereocenters. The van der Waals surface area contributed by atoms with Crippen LogP contribution in [0, 0.1) is 11.3 Å². The number of hydrogen-bond acceptors (Lipinski definition) is 5. The lowest BCUT2D eigenvalue weighted by atomic mass is 10.00. The molecule has 3 rings (SSSR count). The van der Waals surface area contributed by atoms with Crippen LogP contribution in [-0.4, -0.2) is 39.9 Å². The number of carbonyl (C=O) groups excluding carboxylic acids is 3. The standard InChI is InChI=1S/C16H14N4O5/c17-5-9-3-8(6-18-16(24)25)4-10-11(9)7-20(15(10)23)12-1-2-13(21)19-14(12)22/h3-4,12,18H,1-2,6-7H2,(H,24,25)(H,19,21,22). The van der Waals surface area contributed by atoms with Crippen molar-refractivity contribution in [2.75, 3.05) is 0 Å². The van der Waals surface area contributed by atoms with E-state index in [1.165, 1.54) is 17.0 Å². The van der Waals surface area contributed by atoms with Crippen LogP contribution in [0.2, 0.25) is 0 Å². The van der Waals surface area contributed by atoms with Crippen LogP contribution in [0.15, 0.2) is 12.1 Å². The van der Waals surface area contributed by atoms with Gasteiger partial charge in [0.2, 0.25) is 11.8 Å². The number of imide groups is 1. The van der Waals surface area contributed by atoms with Gasteiger partial charge in [0.05, 0.1) is 11.6 Å². The highest BCUT2D eigenvalue weighted by Crippen LogP contribution is 2.30. The molecule has 9 nitrogen and oxygen atoms in total. The molecule has 2 heterocycles. The molecule has 1 aromatic carbocycles.